The summed E-state index contributed by atoms with van der Waals surface area (Å²) in [6.07, 6.45) is 1.13. The molecule has 5 nitrogen and oxygen atoms in total. The molecule has 8 heteroatoms. The van der Waals surface area contributed by atoms with E-state index >= 15 is 0 Å². The van der Waals surface area contributed by atoms with Crippen LogP contribution in [0.4, 0.5) is 10.3 Å². The molecular weight excluding hydrogens is 349 g/mol. The van der Waals surface area contributed by atoms with Gasteiger partial charge in [0.05, 0.1) is 11.8 Å². The Hall–Kier alpha value is -1.67. The Morgan fingerprint density at radius 1 is 1.21 bits per heavy atom. The number of anilines is 1. The smallest absolute Gasteiger partial charge is 0.207 e. The van der Waals surface area contributed by atoms with Crippen LogP contribution in [0.15, 0.2) is 24.3 Å². The third-order valence-electron chi connectivity index (χ3n) is 3.80. The van der Waals surface area contributed by atoms with E-state index in [-0.39, 0.29) is 11.7 Å². The molecule has 2 aromatic rings. The first-order valence-electron chi connectivity index (χ1n) is 7.47. The van der Waals surface area contributed by atoms with Crippen molar-refractivity contribution in [2.24, 2.45) is 0 Å². The molecule has 0 atom stereocenters. The molecule has 24 heavy (non-hydrogen) atoms. The van der Waals surface area contributed by atoms with Crippen LogP contribution < -0.4 is 14.3 Å². The normalized spacial score (nSPS) is 11.8. The summed E-state index contributed by atoms with van der Waals surface area (Å²) in [5.74, 6) is 0.598. The standard InChI is InChI=1S/C16H20FN3O2S2/c1-10(2)14-13(9-23)15(11-5-7-12(17)8-6-11)19-16(18-14)20(3)24(4,21)22/h5-8,10,23H,9H2,1-4H3/p+2. The Morgan fingerprint density at radius 3 is 2.25 bits per heavy atom. The SMILES string of the molecule is CC(C)c1[nH+]c(N(C)S(C)(=O)=O)[nH+]c(-c2ccc(F)cc2)c1CS. The third-order valence-corrected chi connectivity index (χ3v) is 5.30. The number of hydrogen-bond acceptors (Lipinski definition) is 3. The van der Waals surface area contributed by atoms with Gasteiger partial charge in [0, 0.05) is 17.2 Å². The first-order valence-corrected chi connectivity index (χ1v) is 9.95. The van der Waals surface area contributed by atoms with Crippen molar-refractivity contribution in [1.29, 1.82) is 0 Å². The van der Waals surface area contributed by atoms with E-state index in [1.807, 2.05) is 13.8 Å². The van der Waals surface area contributed by atoms with Gasteiger partial charge in [-0.2, -0.15) is 31.0 Å². The average molecular weight is 372 g/mol. The van der Waals surface area contributed by atoms with Gasteiger partial charge in [-0.3, -0.25) is 0 Å². The number of thiol groups is 1. The Balaban J connectivity index is 2.76. The van der Waals surface area contributed by atoms with Crippen molar-refractivity contribution in [3.63, 3.8) is 0 Å². The summed E-state index contributed by atoms with van der Waals surface area (Å²) < 4.78 is 38.1. The fourth-order valence-corrected chi connectivity index (χ4v) is 3.16. The van der Waals surface area contributed by atoms with Crippen LogP contribution in [0.25, 0.3) is 11.3 Å². The minimum absolute atomic E-state index is 0.132. The summed E-state index contributed by atoms with van der Waals surface area (Å²) in [5.41, 5.74) is 3.29. The fraction of sp³-hybridized carbons (Fsp3) is 0.375. The first-order chi connectivity index (χ1) is 11.1. The second-order valence-corrected chi connectivity index (χ2v) is 8.25. The Morgan fingerprint density at radius 2 is 1.79 bits per heavy atom. The zero-order chi connectivity index (χ0) is 18.1. The molecular formula is C16H22FN3O2S2+2. The van der Waals surface area contributed by atoms with Crippen LogP contribution in [0.5, 0.6) is 0 Å². The summed E-state index contributed by atoms with van der Waals surface area (Å²) in [6.45, 7) is 4.02. The molecule has 0 fully saturated rings. The average Bonchev–Trinajstić information content (AvgIpc) is 2.52. The number of halogens is 1. The van der Waals surface area contributed by atoms with Gasteiger partial charge in [-0.1, -0.05) is 18.2 Å². The quantitative estimate of drug-likeness (QED) is 0.818. The van der Waals surface area contributed by atoms with Crippen LogP contribution in [-0.2, 0) is 15.8 Å². The molecule has 130 valence electrons. The predicted molar refractivity (Wildman–Crippen MR) is 95.0 cm³/mol. The lowest BCUT2D eigenvalue weighted by atomic mass is 9.99. The molecule has 0 spiro atoms. The van der Waals surface area contributed by atoms with Gasteiger partial charge in [0.25, 0.3) is 0 Å². The zero-order valence-electron chi connectivity index (χ0n) is 14.1. The summed E-state index contributed by atoms with van der Waals surface area (Å²) in [6, 6.07) is 6.05. The Bertz CT molecular complexity index is 837. The van der Waals surface area contributed by atoms with E-state index in [2.05, 4.69) is 22.6 Å². The molecule has 1 aromatic carbocycles. The molecule has 1 heterocycles. The van der Waals surface area contributed by atoms with E-state index in [4.69, 9.17) is 0 Å². The number of rotatable bonds is 5. The number of benzene rings is 1. The molecule has 0 aliphatic heterocycles. The topological polar surface area (TPSA) is 65.7 Å². The van der Waals surface area contributed by atoms with Crippen molar-refractivity contribution in [2.75, 3.05) is 17.6 Å². The number of hydrogen-bond donors (Lipinski definition) is 1. The van der Waals surface area contributed by atoms with Crippen LogP contribution in [0.2, 0.25) is 0 Å². The molecule has 0 amide bonds. The van der Waals surface area contributed by atoms with Gasteiger partial charge in [-0.15, -0.1) is 0 Å². The van der Waals surface area contributed by atoms with Gasteiger partial charge in [-0.05, 0) is 24.3 Å². The van der Waals surface area contributed by atoms with Crippen LogP contribution in [0, 0.1) is 5.82 Å². The van der Waals surface area contributed by atoms with Gasteiger partial charge in [0.1, 0.15) is 18.6 Å². The van der Waals surface area contributed by atoms with Crippen LogP contribution in [-0.4, -0.2) is 21.7 Å². The lowest BCUT2D eigenvalue weighted by molar-refractivity contribution is -0.506. The first kappa shape index (κ1) is 18.7. The Labute approximate surface area is 147 Å². The highest BCUT2D eigenvalue weighted by atomic mass is 32.2. The fourth-order valence-electron chi connectivity index (χ4n) is 2.41. The van der Waals surface area contributed by atoms with Crippen molar-refractivity contribution in [3.8, 4) is 11.3 Å². The van der Waals surface area contributed by atoms with Crippen LogP contribution >= 0.6 is 12.6 Å². The maximum absolute atomic E-state index is 13.2. The second kappa shape index (κ2) is 7.06. The minimum Gasteiger partial charge on any atom is -0.207 e. The summed E-state index contributed by atoms with van der Waals surface area (Å²) in [5, 5.41) is 0. The summed E-state index contributed by atoms with van der Waals surface area (Å²) in [4.78, 5) is 6.28. The van der Waals surface area contributed by atoms with E-state index < -0.39 is 10.0 Å². The van der Waals surface area contributed by atoms with Gasteiger partial charge in [-0.25, -0.2) is 4.39 Å². The van der Waals surface area contributed by atoms with Crippen molar-refractivity contribution in [3.05, 3.63) is 41.3 Å². The van der Waals surface area contributed by atoms with E-state index in [0.717, 1.165) is 33.1 Å². The highest BCUT2D eigenvalue weighted by Crippen LogP contribution is 2.26. The molecule has 0 aliphatic rings. The molecule has 0 bridgehead atoms. The molecule has 2 rings (SSSR count). The molecule has 0 saturated heterocycles. The lowest BCUT2D eigenvalue weighted by Crippen LogP contribution is -2.40. The third kappa shape index (κ3) is 3.87. The minimum atomic E-state index is -3.43. The number of aromatic nitrogens is 2. The van der Waals surface area contributed by atoms with Gasteiger partial charge < -0.3 is 0 Å². The van der Waals surface area contributed by atoms with E-state index in [1.165, 1.54) is 19.2 Å². The number of sulfonamides is 1. The number of nitrogens with one attached hydrogen (secondary N) is 2. The van der Waals surface area contributed by atoms with Gasteiger partial charge >= 0.3 is 16.0 Å². The highest BCUT2D eigenvalue weighted by Gasteiger charge is 2.33. The Kier molecular flexibility index (Phi) is 5.49. The molecule has 1 aromatic heterocycles. The maximum Gasteiger partial charge on any atom is 0.539 e. The van der Waals surface area contributed by atoms with Crippen molar-refractivity contribution >= 4 is 28.6 Å². The summed E-state index contributed by atoms with van der Waals surface area (Å²) >= 11 is 4.41. The van der Waals surface area contributed by atoms with Crippen LogP contribution in [0.3, 0.4) is 0 Å². The summed E-state index contributed by atoms with van der Waals surface area (Å²) in [7, 11) is -1.96. The zero-order valence-corrected chi connectivity index (χ0v) is 15.8. The van der Waals surface area contributed by atoms with Gasteiger partial charge in [0.15, 0.2) is 5.69 Å². The van der Waals surface area contributed by atoms with E-state index in [0.29, 0.717) is 11.7 Å². The lowest BCUT2D eigenvalue weighted by Gasteiger charge is -2.11. The monoisotopic (exact) mass is 371 g/mol. The second-order valence-electron chi connectivity index (χ2n) is 5.92. The molecule has 2 N–H and O–H groups in total. The van der Waals surface area contributed by atoms with E-state index in [1.54, 1.807) is 12.1 Å². The van der Waals surface area contributed by atoms with Crippen molar-refractivity contribution < 1.29 is 22.8 Å². The largest absolute Gasteiger partial charge is 0.539 e. The number of H-pyrrole nitrogens is 2. The van der Waals surface area contributed by atoms with Crippen molar-refractivity contribution in [2.45, 2.75) is 25.5 Å². The highest BCUT2D eigenvalue weighted by molar-refractivity contribution is 7.92. The molecule has 0 radical (unpaired) electrons. The predicted octanol–water partition coefficient (Wildman–Crippen LogP) is 2.07. The maximum atomic E-state index is 13.2. The van der Waals surface area contributed by atoms with Crippen molar-refractivity contribution in [1.82, 2.24) is 0 Å². The van der Waals surface area contributed by atoms with Crippen LogP contribution in [0.1, 0.15) is 31.0 Å². The number of aromatic amines is 2. The molecule has 0 aliphatic carbocycles. The van der Waals surface area contributed by atoms with Gasteiger partial charge in [0.2, 0.25) is 0 Å². The molecule has 0 saturated carbocycles. The molecule has 0 unspecified atom stereocenters. The van der Waals surface area contributed by atoms with E-state index in [9.17, 15) is 12.8 Å². The number of nitrogens with zero attached hydrogens (tertiary/aromatic N) is 1.